The molecule has 83 heavy (non-hydrogen) atoms. The van der Waals surface area contributed by atoms with Crippen molar-refractivity contribution in [1.82, 2.24) is 46.0 Å². The van der Waals surface area contributed by atoms with Crippen molar-refractivity contribution in [2.24, 2.45) is 35.3 Å². The number of primary amides is 1. The number of hydrogen-bond acceptors (Lipinski definition) is 14. The Hall–Kier alpha value is -6.21. The molecular weight excluding hydrogens is 1090 g/mol. The molecule has 3 unspecified atom stereocenters. The zero-order valence-electron chi connectivity index (χ0n) is 51.6. The normalized spacial score (nSPS) is 17.3. The van der Waals surface area contributed by atoms with E-state index in [0.717, 1.165) is 0 Å². The van der Waals surface area contributed by atoms with Gasteiger partial charge < -0.3 is 56.9 Å². The number of nitrogens with zero attached hydrogens (tertiary/aromatic N) is 3. The molecule has 2 aromatic carbocycles. The maximum atomic E-state index is 14.6. The molecule has 0 aliphatic carbocycles. The van der Waals surface area contributed by atoms with Gasteiger partial charge in [-0.1, -0.05) is 111 Å². The predicted molar refractivity (Wildman–Crippen MR) is 320 cm³/mol. The van der Waals surface area contributed by atoms with E-state index >= 15 is 0 Å². The summed E-state index contributed by atoms with van der Waals surface area (Å²) in [5.74, 6) is -5.41. The van der Waals surface area contributed by atoms with Crippen LogP contribution in [0.15, 0.2) is 54.6 Å². The molecule has 9 N–H and O–H groups in total. The van der Waals surface area contributed by atoms with Crippen molar-refractivity contribution >= 4 is 63.1 Å². The Morgan fingerprint density at radius 2 is 1.35 bits per heavy atom. The number of likely N-dealkylation sites (tertiary alicyclic amines) is 1. The fourth-order valence-electron chi connectivity index (χ4n) is 11.0. The van der Waals surface area contributed by atoms with Crippen LogP contribution in [-0.2, 0) is 65.2 Å². The summed E-state index contributed by atoms with van der Waals surface area (Å²) in [5, 5.41) is 16.7. The number of ether oxygens (including phenoxy) is 2. The van der Waals surface area contributed by atoms with Crippen LogP contribution >= 0.6 is 0 Å². The van der Waals surface area contributed by atoms with E-state index in [4.69, 9.17) is 15.2 Å². The lowest BCUT2D eigenvalue weighted by atomic mass is 9.89. The van der Waals surface area contributed by atoms with Gasteiger partial charge in [0.1, 0.15) is 18.1 Å². The van der Waals surface area contributed by atoms with Gasteiger partial charge in [-0.25, -0.2) is 13.2 Å². The predicted octanol–water partition coefficient (Wildman–Crippen LogP) is 3.12. The third kappa shape index (κ3) is 21.4. The van der Waals surface area contributed by atoms with Crippen molar-refractivity contribution in [3.63, 3.8) is 0 Å². The second-order valence-corrected chi connectivity index (χ2v) is 24.9. The number of nitrogens with one attached hydrogen (secondary N) is 7. The number of likely N-dealkylation sites (N-methyl/N-ethyl adjacent to an activating group) is 3. The minimum Gasteiger partial charge on any atom is -0.379 e. The highest BCUT2D eigenvalue weighted by molar-refractivity contribution is 7.89. The SMILES string of the molecule is CC[C@H](C)C([C@@H](CC(=O)N1CCC[C@H]1[C@H](OC)[C@@H](C)C(=O)N[C@@H](Cc1ccccc1)C(=O)NS(=O)(=O)Cc1ccc(NC(=O)[C@H](CCCNC(N)=O)NC(=O)C(NC)C(C)C)cc1)OC)N(C)C(=O)[C@@H](NC(=O)C(C(C)C)N(C)C)C(C)C. The van der Waals surface area contributed by atoms with Crippen LogP contribution in [0.3, 0.4) is 0 Å². The van der Waals surface area contributed by atoms with Crippen LogP contribution in [0.1, 0.15) is 112 Å². The fourth-order valence-corrected chi connectivity index (χ4v) is 12.1. The third-order valence-electron chi connectivity index (χ3n) is 15.6. The van der Waals surface area contributed by atoms with Gasteiger partial charge >= 0.3 is 6.03 Å². The van der Waals surface area contributed by atoms with Gasteiger partial charge in [-0.2, -0.15) is 0 Å². The fraction of sp³-hybridized carbons (Fsp3) is 0.661. The van der Waals surface area contributed by atoms with E-state index in [0.29, 0.717) is 43.5 Å². The van der Waals surface area contributed by atoms with Gasteiger partial charge in [0.2, 0.25) is 45.5 Å². The number of carbonyl (C=O) groups excluding carboxylic acids is 8. The third-order valence-corrected chi connectivity index (χ3v) is 16.8. The summed E-state index contributed by atoms with van der Waals surface area (Å²) in [4.78, 5) is 114. The number of sulfonamides is 1. The van der Waals surface area contributed by atoms with Crippen LogP contribution in [0, 0.1) is 29.6 Å². The van der Waals surface area contributed by atoms with E-state index in [2.05, 4.69) is 36.6 Å². The van der Waals surface area contributed by atoms with Gasteiger partial charge in [-0.15, -0.1) is 0 Å². The lowest BCUT2D eigenvalue weighted by Gasteiger charge is -2.41. The molecule has 23 nitrogen and oxygen atoms in total. The Labute approximate surface area is 492 Å². The number of carbonyl (C=O) groups is 8. The van der Waals surface area contributed by atoms with Gasteiger partial charge in [0.15, 0.2) is 0 Å². The minimum atomic E-state index is -4.39. The maximum Gasteiger partial charge on any atom is 0.312 e. The van der Waals surface area contributed by atoms with Gasteiger partial charge in [-0.05, 0) is 93.8 Å². The van der Waals surface area contributed by atoms with Crippen LogP contribution in [0.4, 0.5) is 10.5 Å². The monoisotopic (exact) mass is 1180 g/mol. The van der Waals surface area contributed by atoms with E-state index in [1.165, 1.54) is 38.5 Å². The highest BCUT2D eigenvalue weighted by Gasteiger charge is 2.44. The zero-order valence-corrected chi connectivity index (χ0v) is 52.4. The molecule has 466 valence electrons. The average Bonchev–Trinajstić information content (AvgIpc) is 3.91. The Kier molecular flexibility index (Phi) is 29.0. The second kappa shape index (κ2) is 33.9. The number of anilines is 1. The van der Waals surface area contributed by atoms with Crippen molar-refractivity contribution in [3.05, 3.63) is 65.7 Å². The molecule has 1 aliphatic rings. The van der Waals surface area contributed by atoms with Crippen molar-refractivity contribution in [3.8, 4) is 0 Å². The molecule has 0 radical (unpaired) electrons. The first-order chi connectivity index (χ1) is 39.0. The molecule has 9 amide bonds. The number of nitrogens with two attached hydrogens (primary N) is 1. The van der Waals surface area contributed by atoms with E-state index in [1.807, 2.05) is 74.4 Å². The number of benzene rings is 2. The Morgan fingerprint density at radius 1 is 0.735 bits per heavy atom. The Morgan fingerprint density at radius 3 is 1.88 bits per heavy atom. The molecule has 1 fully saturated rings. The smallest absolute Gasteiger partial charge is 0.312 e. The zero-order chi connectivity index (χ0) is 62.5. The first kappa shape index (κ1) is 71.1. The van der Waals surface area contributed by atoms with Gasteiger partial charge in [-0.3, -0.25) is 43.2 Å². The molecule has 1 saturated heterocycles. The summed E-state index contributed by atoms with van der Waals surface area (Å²) in [6.07, 6.45) is 0.488. The first-order valence-electron chi connectivity index (χ1n) is 28.9. The van der Waals surface area contributed by atoms with Crippen molar-refractivity contribution in [2.75, 3.05) is 60.8 Å². The van der Waals surface area contributed by atoms with Gasteiger partial charge in [0.25, 0.3) is 5.91 Å². The number of hydrogen-bond donors (Lipinski definition) is 8. The molecule has 11 atom stereocenters. The van der Waals surface area contributed by atoms with Crippen LogP contribution in [0.5, 0.6) is 0 Å². The van der Waals surface area contributed by atoms with E-state index in [9.17, 15) is 46.8 Å². The van der Waals surface area contributed by atoms with Crippen LogP contribution in [-0.4, -0.2) is 180 Å². The molecule has 1 aliphatic heterocycles. The molecular formula is C59H97N11O12S. The molecule has 1 heterocycles. The molecule has 24 heteroatoms. The Balaban J connectivity index is 1.80. The summed E-state index contributed by atoms with van der Waals surface area (Å²) < 4.78 is 41.6. The van der Waals surface area contributed by atoms with Crippen LogP contribution < -0.4 is 42.4 Å². The molecule has 2 aromatic rings. The van der Waals surface area contributed by atoms with Crippen molar-refractivity contribution in [2.45, 2.75) is 168 Å². The number of urea groups is 1. The highest BCUT2D eigenvalue weighted by atomic mass is 32.2. The van der Waals surface area contributed by atoms with E-state index < -0.39 is 106 Å². The Bertz CT molecular complexity index is 2550. The molecule has 0 saturated carbocycles. The van der Waals surface area contributed by atoms with Crippen molar-refractivity contribution in [1.29, 1.82) is 0 Å². The number of amides is 9. The van der Waals surface area contributed by atoms with Gasteiger partial charge in [0.05, 0.1) is 54.5 Å². The second-order valence-electron chi connectivity index (χ2n) is 23.1. The summed E-state index contributed by atoms with van der Waals surface area (Å²) in [5.41, 5.74) is 6.39. The highest BCUT2D eigenvalue weighted by Crippen LogP contribution is 2.30. The number of rotatable bonds is 34. The standard InChI is InChI=1S/C59H97N11O12S/c1-16-38(8)51(69(13)58(77)49(36(4)5)66-57(76)50(37(6)7)68(11)12)46(81-14)33-47(71)70-31-21-25-45(70)52(82-15)39(9)53(72)65-44(32-40-22-18-17-19-23-40)55(74)67-83(79,80)34-41-26-28-42(29-27-41)63-54(73)43(24-20-30-62-59(60)78)64-56(75)48(61-10)35(2)3/h17-19,22-23,26-29,35-39,43-46,48-52,61H,16,20-21,24-25,30-34H2,1-15H3,(H,63,73)(H,64,75)(H,65,72)(H,66,76)(H,67,74)(H3,60,62,78)/t38-,39+,43-,44-,45-,46+,48?,49-,50?,51?,52+/m0/s1. The maximum absolute atomic E-state index is 14.6. The number of methoxy groups -OCH3 is 2. The van der Waals surface area contributed by atoms with E-state index in [1.54, 1.807) is 61.2 Å². The lowest BCUT2D eigenvalue weighted by Crippen LogP contribution is -2.59. The molecule has 0 aromatic heterocycles. The molecule has 0 spiro atoms. The summed E-state index contributed by atoms with van der Waals surface area (Å²) in [6.45, 7) is 17.5. The topological polar surface area (TPSA) is 309 Å². The lowest BCUT2D eigenvalue weighted by molar-refractivity contribution is -0.148. The van der Waals surface area contributed by atoms with Crippen LogP contribution in [0.2, 0.25) is 0 Å². The minimum absolute atomic E-state index is 0.0117. The van der Waals surface area contributed by atoms with Gasteiger partial charge in [0, 0.05) is 46.5 Å². The summed E-state index contributed by atoms with van der Waals surface area (Å²) >= 11 is 0. The summed E-state index contributed by atoms with van der Waals surface area (Å²) in [6, 6.07) is 8.58. The van der Waals surface area contributed by atoms with Crippen molar-refractivity contribution < 1.29 is 56.2 Å². The quantitative estimate of drug-likeness (QED) is 0.0468. The molecule has 0 bridgehead atoms. The average molecular weight is 1180 g/mol. The summed E-state index contributed by atoms with van der Waals surface area (Å²) in [7, 11) is 5.54. The largest absolute Gasteiger partial charge is 0.379 e. The first-order valence-corrected chi connectivity index (χ1v) is 30.6. The van der Waals surface area contributed by atoms with Crippen LogP contribution in [0.25, 0.3) is 0 Å². The van der Waals surface area contributed by atoms with E-state index in [-0.39, 0.29) is 72.8 Å². The molecule has 3 rings (SSSR count).